The molecule has 0 spiro atoms. The van der Waals surface area contributed by atoms with Gasteiger partial charge in [0.15, 0.2) is 0 Å². The van der Waals surface area contributed by atoms with Gasteiger partial charge in [-0.15, -0.1) is 0 Å². The van der Waals surface area contributed by atoms with Crippen molar-refractivity contribution in [1.82, 2.24) is 0 Å². The molecule has 4 heteroatoms. The van der Waals surface area contributed by atoms with Crippen LogP contribution >= 0.6 is 11.6 Å². The Morgan fingerprint density at radius 1 is 1.58 bits per heavy atom. The van der Waals surface area contributed by atoms with Crippen LogP contribution in [0.15, 0.2) is 23.1 Å². The Balaban J connectivity index is 3.05. The minimum atomic E-state index is -1.06. The summed E-state index contributed by atoms with van der Waals surface area (Å²) >= 11 is 5.51. The molecule has 1 rings (SSSR count). The van der Waals surface area contributed by atoms with Gasteiger partial charge in [0.2, 0.25) is 0 Å². The maximum absolute atomic E-state index is 12.6. The quantitative estimate of drug-likeness (QED) is 0.727. The first-order chi connectivity index (χ1) is 5.65. The van der Waals surface area contributed by atoms with Gasteiger partial charge in [-0.3, -0.25) is 4.21 Å². The van der Waals surface area contributed by atoms with Gasteiger partial charge in [-0.25, -0.2) is 4.39 Å². The lowest BCUT2D eigenvalue weighted by Gasteiger charge is -1.99. The van der Waals surface area contributed by atoms with E-state index in [2.05, 4.69) is 0 Å². The van der Waals surface area contributed by atoms with Gasteiger partial charge in [0.05, 0.1) is 15.8 Å². The van der Waals surface area contributed by atoms with Crippen molar-refractivity contribution in [1.29, 1.82) is 0 Å². The SMILES string of the molecule is CCS(=O)c1ccc(F)c(Cl)c1. The average Bonchev–Trinajstić information content (AvgIpc) is 2.08. The highest BCUT2D eigenvalue weighted by Gasteiger charge is 2.04. The molecule has 1 aromatic rings. The van der Waals surface area contributed by atoms with Crippen LogP contribution in [-0.4, -0.2) is 9.96 Å². The lowest BCUT2D eigenvalue weighted by atomic mass is 10.3. The minimum absolute atomic E-state index is 0.0225. The molecular weight excluding hydrogens is 199 g/mol. The number of halogens is 2. The largest absolute Gasteiger partial charge is 0.254 e. The van der Waals surface area contributed by atoms with Gasteiger partial charge in [-0.05, 0) is 18.2 Å². The van der Waals surface area contributed by atoms with Crippen LogP contribution in [0.25, 0.3) is 0 Å². The lowest BCUT2D eigenvalue weighted by molar-refractivity contribution is 0.626. The summed E-state index contributed by atoms with van der Waals surface area (Å²) in [5.41, 5.74) is 0. The van der Waals surface area contributed by atoms with Gasteiger partial charge in [0.25, 0.3) is 0 Å². The second-order valence-corrected chi connectivity index (χ2v) is 4.36. The Labute approximate surface area is 78.0 Å². The van der Waals surface area contributed by atoms with Crippen LogP contribution in [0, 0.1) is 5.82 Å². The molecule has 0 radical (unpaired) electrons. The maximum Gasteiger partial charge on any atom is 0.141 e. The van der Waals surface area contributed by atoms with Crippen LogP contribution < -0.4 is 0 Å². The molecule has 0 N–H and O–H groups in total. The van der Waals surface area contributed by atoms with E-state index < -0.39 is 16.6 Å². The molecule has 0 saturated carbocycles. The molecule has 0 bridgehead atoms. The van der Waals surface area contributed by atoms with Crippen molar-refractivity contribution >= 4 is 22.4 Å². The zero-order valence-corrected chi connectivity index (χ0v) is 8.08. The second-order valence-electron chi connectivity index (χ2n) is 2.21. The van der Waals surface area contributed by atoms with Crippen LogP contribution in [0.4, 0.5) is 4.39 Å². The lowest BCUT2D eigenvalue weighted by Crippen LogP contribution is -1.94. The molecule has 1 unspecified atom stereocenters. The van der Waals surface area contributed by atoms with Gasteiger partial charge in [-0.2, -0.15) is 0 Å². The smallest absolute Gasteiger partial charge is 0.141 e. The van der Waals surface area contributed by atoms with Crippen molar-refractivity contribution in [2.45, 2.75) is 11.8 Å². The second kappa shape index (κ2) is 4.01. The van der Waals surface area contributed by atoms with E-state index in [9.17, 15) is 8.60 Å². The molecule has 0 aliphatic rings. The Morgan fingerprint density at radius 3 is 2.75 bits per heavy atom. The molecule has 1 nitrogen and oxygen atoms in total. The van der Waals surface area contributed by atoms with Gasteiger partial charge < -0.3 is 0 Å². The number of benzene rings is 1. The van der Waals surface area contributed by atoms with Crippen LogP contribution in [-0.2, 0) is 10.8 Å². The number of rotatable bonds is 2. The number of hydrogen-bond donors (Lipinski definition) is 0. The third-order valence-corrected chi connectivity index (χ3v) is 3.01. The third-order valence-electron chi connectivity index (χ3n) is 1.42. The maximum atomic E-state index is 12.6. The molecule has 0 aliphatic heterocycles. The summed E-state index contributed by atoms with van der Waals surface area (Å²) in [6.07, 6.45) is 0. The fourth-order valence-corrected chi connectivity index (χ4v) is 1.83. The van der Waals surface area contributed by atoms with Crippen molar-refractivity contribution in [3.8, 4) is 0 Å². The summed E-state index contributed by atoms with van der Waals surface area (Å²) in [4.78, 5) is 0.573. The van der Waals surface area contributed by atoms with E-state index in [1.54, 1.807) is 6.92 Å². The van der Waals surface area contributed by atoms with E-state index in [-0.39, 0.29) is 5.02 Å². The van der Waals surface area contributed by atoms with E-state index >= 15 is 0 Å². The summed E-state index contributed by atoms with van der Waals surface area (Å²) in [5.74, 6) is 0.0376. The average molecular weight is 207 g/mol. The highest BCUT2D eigenvalue weighted by atomic mass is 35.5. The van der Waals surface area contributed by atoms with Crippen LogP contribution in [0.2, 0.25) is 5.02 Å². The van der Waals surface area contributed by atoms with Crippen molar-refractivity contribution < 1.29 is 8.60 Å². The number of hydrogen-bond acceptors (Lipinski definition) is 1. The third kappa shape index (κ3) is 2.05. The van der Waals surface area contributed by atoms with Gasteiger partial charge in [0.1, 0.15) is 5.82 Å². The molecule has 66 valence electrons. The molecule has 0 heterocycles. The molecule has 0 fully saturated rings. The molecule has 0 amide bonds. The highest BCUT2D eigenvalue weighted by Crippen LogP contribution is 2.18. The first-order valence-corrected chi connectivity index (χ1v) is 5.18. The van der Waals surface area contributed by atoms with Gasteiger partial charge in [-0.1, -0.05) is 18.5 Å². The first kappa shape index (κ1) is 9.68. The van der Waals surface area contributed by atoms with Crippen molar-refractivity contribution in [3.63, 3.8) is 0 Å². The fraction of sp³-hybridized carbons (Fsp3) is 0.250. The molecule has 0 saturated heterocycles. The summed E-state index contributed by atoms with van der Waals surface area (Å²) in [5, 5.41) is 0.0225. The van der Waals surface area contributed by atoms with Crippen LogP contribution in [0.1, 0.15) is 6.92 Å². The Hall–Kier alpha value is -0.410. The van der Waals surface area contributed by atoms with Crippen molar-refractivity contribution in [2.24, 2.45) is 0 Å². The van der Waals surface area contributed by atoms with Gasteiger partial charge >= 0.3 is 0 Å². The van der Waals surface area contributed by atoms with Crippen molar-refractivity contribution in [2.75, 3.05) is 5.75 Å². The first-order valence-electron chi connectivity index (χ1n) is 3.48. The highest BCUT2D eigenvalue weighted by molar-refractivity contribution is 7.85. The van der Waals surface area contributed by atoms with E-state index in [1.165, 1.54) is 18.2 Å². The molecule has 0 aliphatic carbocycles. The minimum Gasteiger partial charge on any atom is -0.254 e. The Bertz CT molecular complexity index is 314. The summed E-state index contributed by atoms with van der Waals surface area (Å²) < 4.78 is 23.8. The summed E-state index contributed by atoms with van der Waals surface area (Å²) in [7, 11) is -1.06. The standard InChI is InChI=1S/C8H8ClFOS/c1-2-12(11)6-3-4-8(10)7(9)5-6/h3-5H,2H2,1H3. The predicted molar refractivity (Wildman–Crippen MR) is 48.4 cm³/mol. The summed E-state index contributed by atoms with van der Waals surface area (Å²) in [6.45, 7) is 1.80. The fourth-order valence-electron chi connectivity index (χ4n) is 0.785. The van der Waals surface area contributed by atoms with E-state index in [0.29, 0.717) is 10.6 Å². The summed E-state index contributed by atoms with van der Waals surface area (Å²) in [6, 6.07) is 4.11. The zero-order chi connectivity index (χ0) is 9.14. The van der Waals surface area contributed by atoms with Gasteiger partial charge in [0, 0.05) is 10.6 Å². The molecule has 1 aromatic carbocycles. The Morgan fingerprint density at radius 2 is 2.25 bits per heavy atom. The van der Waals surface area contributed by atoms with Crippen LogP contribution in [0.5, 0.6) is 0 Å². The molecule has 12 heavy (non-hydrogen) atoms. The predicted octanol–water partition coefficient (Wildman–Crippen LogP) is 2.61. The monoisotopic (exact) mass is 206 g/mol. The molecular formula is C8H8ClFOS. The van der Waals surface area contributed by atoms with Crippen LogP contribution in [0.3, 0.4) is 0 Å². The Kier molecular flexibility index (Phi) is 3.23. The van der Waals surface area contributed by atoms with E-state index in [1.807, 2.05) is 0 Å². The van der Waals surface area contributed by atoms with E-state index in [0.717, 1.165) is 0 Å². The van der Waals surface area contributed by atoms with E-state index in [4.69, 9.17) is 11.6 Å². The normalized spacial score (nSPS) is 12.9. The molecule has 1 atom stereocenters. The topological polar surface area (TPSA) is 17.1 Å². The zero-order valence-electron chi connectivity index (χ0n) is 6.51. The molecule has 0 aromatic heterocycles. The van der Waals surface area contributed by atoms with Crippen molar-refractivity contribution in [3.05, 3.63) is 29.0 Å².